The lowest BCUT2D eigenvalue weighted by atomic mass is 10.0. The van der Waals surface area contributed by atoms with Crippen LogP contribution in [0, 0.1) is 0 Å². The monoisotopic (exact) mass is 183 g/mol. The molecule has 0 aliphatic carbocycles. The fraction of sp³-hybridized carbons (Fsp3) is 0.667. The molecular formula is C9H13NO3. The van der Waals surface area contributed by atoms with Crippen LogP contribution in [-0.4, -0.2) is 22.8 Å². The van der Waals surface area contributed by atoms with Crippen LogP contribution in [0.3, 0.4) is 0 Å². The molecule has 13 heavy (non-hydrogen) atoms. The van der Waals surface area contributed by atoms with E-state index in [-0.39, 0.29) is 18.6 Å². The van der Waals surface area contributed by atoms with E-state index in [9.17, 15) is 0 Å². The first kappa shape index (κ1) is 8.72. The van der Waals surface area contributed by atoms with E-state index >= 15 is 0 Å². The summed E-state index contributed by atoms with van der Waals surface area (Å²) >= 11 is 0. The third-order valence-electron chi connectivity index (χ3n) is 2.39. The average molecular weight is 183 g/mol. The topological polar surface area (TPSA) is 55.5 Å². The van der Waals surface area contributed by atoms with Crippen molar-refractivity contribution >= 4 is 0 Å². The minimum Gasteiger partial charge on any atom is -0.448 e. The van der Waals surface area contributed by atoms with Gasteiger partial charge in [0.25, 0.3) is 0 Å². The molecule has 2 rings (SSSR count). The van der Waals surface area contributed by atoms with Crippen LogP contribution in [0.5, 0.6) is 0 Å². The number of rotatable bonds is 2. The van der Waals surface area contributed by atoms with Crippen LogP contribution in [0.25, 0.3) is 0 Å². The van der Waals surface area contributed by atoms with Gasteiger partial charge in [0.2, 0.25) is 0 Å². The minimum atomic E-state index is -0.0588. The van der Waals surface area contributed by atoms with E-state index in [1.165, 1.54) is 6.39 Å². The molecule has 1 saturated heterocycles. The van der Waals surface area contributed by atoms with Crippen molar-refractivity contribution in [2.24, 2.45) is 0 Å². The SMILES string of the molecule is CC1CC(c2ocnc2CO)CO1. The van der Waals surface area contributed by atoms with Crippen LogP contribution >= 0.6 is 0 Å². The lowest BCUT2D eigenvalue weighted by molar-refractivity contribution is 0.122. The Hall–Kier alpha value is -0.870. The first-order chi connectivity index (χ1) is 6.31. The molecule has 0 amide bonds. The van der Waals surface area contributed by atoms with E-state index in [1.807, 2.05) is 6.92 Å². The third-order valence-corrected chi connectivity index (χ3v) is 2.39. The van der Waals surface area contributed by atoms with E-state index in [0.717, 1.165) is 12.2 Å². The van der Waals surface area contributed by atoms with E-state index in [4.69, 9.17) is 14.3 Å². The van der Waals surface area contributed by atoms with Gasteiger partial charge in [0.05, 0.1) is 19.3 Å². The predicted octanol–water partition coefficient (Wildman–Crippen LogP) is 1.06. The molecule has 0 saturated carbocycles. The quantitative estimate of drug-likeness (QED) is 0.744. The zero-order valence-corrected chi connectivity index (χ0v) is 7.56. The number of aliphatic hydroxyl groups is 1. The zero-order valence-electron chi connectivity index (χ0n) is 7.56. The van der Waals surface area contributed by atoms with E-state index in [1.54, 1.807) is 0 Å². The molecule has 1 aliphatic rings. The summed E-state index contributed by atoms with van der Waals surface area (Å²) in [6.07, 6.45) is 2.60. The maximum absolute atomic E-state index is 8.97. The first-order valence-corrected chi connectivity index (χ1v) is 4.46. The molecule has 2 heterocycles. The summed E-state index contributed by atoms with van der Waals surface area (Å²) in [5.74, 6) is 1.05. The average Bonchev–Trinajstić information content (AvgIpc) is 2.71. The van der Waals surface area contributed by atoms with Crippen LogP contribution in [0.1, 0.15) is 30.7 Å². The Bertz CT molecular complexity index is 284. The van der Waals surface area contributed by atoms with Gasteiger partial charge in [0.1, 0.15) is 11.5 Å². The highest BCUT2D eigenvalue weighted by molar-refractivity contribution is 5.13. The number of nitrogens with zero attached hydrogens (tertiary/aromatic N) is 1. The molecule has 0 spiro atoms. The number of oxazole rings is 1. The fourth-order valence-corrected chi connectivity index (χ4v) is 1.73. The van der Waals surface area contributed by atoms with Crippen molar-refractivity contribution in [3.05, 3.63) is 17.8 Å². The highest BCUT2D eigenvalue weighted by atomic mass is 16.5. The largest absolute Gasteiger partial charge is 0.448 e. The van der Waals surface area contributed by atoms with Gasteiger partial charge in [0.15, 0.2) is 6.39 Å². The molecule has 1 aliphatic heterocycles. The van der Waals surface area contributed by atoms with Gasteiger partial charge in [-0.15, -0.1) is 0 Å². The Balaban J connectivity index is 2.16. The minimum absolute atomic E-state index is 0.0588. The molecule has 1 aromatic heterocycles. The molecule has 1 aromatic rings. The van der Waals surface area contributed by atoms with Gasteiger partial charge in [-0.25, -0.2) is 4.98 Å². The van der Waals surface area contributed by atoms with Crippen molar-refractivity contribution in [2.45, 2.75) is 32.0 Å². The predicted molar refractivity (Wildman–Crippen MR) is 45.2 cm³/mol. The molecule has 2 unspecified atom stereocenters. The maximum atomic E-state index is 8.97. The summed E-state index contributed by atoms with van der Waals surface area (Å²) in [5, 5.41) is 8.97. The second-order valence-electron chi connectivity index (χ2n) is 3.40. The summed E-state index contributed by atoms with van der Waals surface area (Å²) < 4.78 is 10.7. The molecule has 0 radical (unpaired) electrons. The fourth-order valence-electron chi connectivity index (χ4n) is 1.73. The number of ether oxygens (including phenoxy) is 1. The Morgan fingerprint density at radius 2 is 2.54 bits per heavy atom. The van der Waals surface area contributed by atoms with Crippen LogP contribution in [0.15, 0.2) is 10.8 Å². The summed E-state index contributed by atoms with van der Waals surface area (Å²) in [7, 11) is 0. The lowest BCUT2D eigenvalue weighted by Crippen LogP contribution is -2.00. The molecule has 4 nitrogen and oxygen atoms in total. The second kappa shape index (κ2) is 3.47. The molecule has 0 aromatic carbocycles. The number of hydrogen-bond acceptors (Lipinski definition) is 4. The molecule has 4 heteroatoms. The van der Waals surface area contributed by atoms with Crippen molar-refractivity contribution < 1.29 is 14.3 Å². The van der Waals surface area contributed by atoms with Crippen LogP contribution in [0.2, 0.25) is 0 Å². The van der Waals surface area contributed by atoms with E-state index < -0.39 is 0 Å². The standard InChI is InChI=1S/C9H13NO3/c1-6-2-7(4-12-6)9-8(3-11)10-5-13-9/h5-7,11H,2-4H2,1H3. The van der Waals surface area contributed by atoms with Crippen molar-refractivity contribution in [3.8, 4) is 0 Å². The molecule has 2 atom stereocenters. The van der Waals surface area contributed by atoms with E-state index in [0.29, 0.717) is 12.3 Å². The van der Waals surface area contributed by atoms with Crippen LogP contribution < -0.4 is 0 Å². The van der Waals surface area contributed by atoms with Gasteiger partial charge >= 0.3 is 0 Å². The molecule has 1 fully saturated rings. The van der Waals surface area contributed by atoms with Crippen molar-refractivity contribution in [1.29, 1.82) is 0 Å². The Morgan fingerprint density at radius 1 is 1.69 bits per heavy atom. The van der Waals surface area contributed by atoms with Crippen molar-refractivity contribution in [1.82, 2.24) is 4.98 Å². The van der Waals surface area contributed by atoms with Gasteiger partial charge in [-0.3, -0.25) is 0 Å². The summed E-state index contributed by atoms with van der Waals surface area (Å²) in [4.78, 5) is 3.93. The summed E-state index contributed by atoms with van der Waals surface area (Å²) in [6.45, 7) is 2.65. The van der Waals surface area contributed by atoms with E-state index in [2.05, 4.69) is 4.98 Å². The molecule has 1 N–H and O–H groups in total. The lowest BCUT2D eigenvalue weighted by Gasteiger charge is -2.03. The maximum Gasteiger partial charge on any atom is 0.181 e. The Labute approximate surface area is 76.5 Å². The van der Waals surface area contributed by atoms with Gasteiger partial charge in [0, 0.05) is 5.92 Å². The number of aromatic nitrogens is 1. The van der Waals surface area contributed by atoms with Gasteiger partial charge in [-0.2, -0.15) is 0 Å². The molecule has 0 bridgehead atoms. The normalized spacial score (nSPS) is 28.2. The number of hydrogen-bond donors (Lipinski definition) is 1. The van der Waals surface area contributed by atoms with Gasteiger partial charge < -0.3 is 14.3 Å². The van der Waals surface area contributed by atoms with Crippen LogP contribution in [0.4, 0.5) is 0 Å². The Morgan fingerprint density at radius 3 is 3.15 bits per heavy atom. The summed E-state index contributed by atoms with van der Waals surface area (Å²) in [6, 6.07) is 0. The van der Waals surface area contributed by atoms with Gasteiger partial charge in [-0.05, 0) is 13.3 Å². The molecular weight excluding hydrogens is 170 g/mol. The summed E-state index contributed by atoms with van der Waals surface area (Å²) in [5.41, 5.74) is 0.641. The zero-order chi connectivity index (χ0) is 9.26. The van der Waals surface area contributed by atoms with Crippen LogP contribution in [-0.2, 0) is 11.3 Å². The smallest absolute Gasteiger partial charge is 0.181 e. The highest BCUT2D eigenvalue weighted by Gasteiger charge is 2.28. The highest BCUT2D eigenvalue weighted by Crippen LogP contribution is 2.30. The Kier molecular flexibility index (Phi) is 2.33. The van der Waals surface area contributed by atoms with Crippen molar-refractivity contribution in [3.63, 3.8) is 0 Å². The first-order valence-electron chi connectivity index (χ1n) is 4.46. The number of aliphatic hydroxyl groups excluding tert-OH is 1. The third kappa shape index (κ3) is 1.59. The second-order valence-corrected chi connectivity index (χ2v) is 3.40. The van der Waals surface area contributed by atoms with Gasteiger partial charge in [-0.1, -0.05) is 0 Å². The molecule has 72 valence electrons. The van der Waals surface area contributed by atoms with Crippen molar-refractivity contribution in [2.75, 3.05) is 6.61 Å².